The van der Waals surface area contributed by atoms with Crippen LogP contribution in [0.2, 0.25) is 0 Å². The minimum atomic E-state index is -4.44. The topological polar surface area (TPSA) is 46.5 Å². The van der Waals surface area contributed by atoms with Crippen LogP contribution in [0.25, 0.3) is 0 Å². The van der Waals surface area contributed by atoms with E-state index in [2.05, 4.69) is 4.40 Å². The molecule has 0 bridgehead atoms. The lowest BCUT2D eigenvalue weighted by molar-refractivity contribution is -0.137. The number of halogens is 3. The second-order valence-electron chi connectivity index (χ2n) is 2.45. The highest BCUT2D eigenvalue weighted by atomic mass is 32.2. The van der Waals surface area contributed by atoms with Crippen LogP contribution in [0.5, 0.6) is 0 Å². The summed E-state index contributed by atoms with van der Waals surface area (Å²) in [6.45, 7) is 0. The van der Waals surface area contributed by atoms with Crippen molar-refractivity contribution in [3.05, 3.63) is 29.8 Å². The minimum Gasteiger partial charge on any atom is -0.229 e. The Morgan fingerprint density at radius 2 is 1.73 bits per heavy atom. The Bertz CT molecular complexity index is 421. The molecule has 1 aromatic carbocycles. The lowest BCUT2D eigenvalue weighted by atomic mass is 10.2. The summed E-state index contributed by atoms with van der Waals surface area (Å²) < 4.78 is 50.2. The Morgan fingerprint density at radius 3 is 2.13 bits per heavy atom. The Balaban J connectivity index is 3.00. The molecule has 0 heterocycles. The minimum absolute atomic E-state index is 0.0198. The zero-order chi connectivity index (χ0) is 11.5. The molecular formula is C8H4F3NO2S. The standard InChI is InChI=1S/C8H4F3NO2S/c9-8(10,11)6-1-3-7(4-2-6)15(14)12-5-13/h1-4H. The highest BCUT2D eigenvalue weighted by Crippen LogP contribution is 2.29. The highest BCUT2D eigenvalue weighted by molar-refractivity contribution is 7.83. The van der Waals surface area contributed by atoms with E-state index in [0.29, 0.717) is 0 Å². The van der Waals surface area contributed by atoms with Gasteiger partial charge in [0.15, 0.2) is 11.0 Å². The van der Waals surface area contributed by atoms with Crippen molar-refractivity contribution in [1.29, 1.82) is 0 Å². The Labute approximate surface area is 85.2 Å². The molecule has 7 heteroatoms. The SMILES string of the molecule is O=C=NS(=O)c1ccc(C(F)(F)F)cc1. The summed E-state index contributed by atoms with van der Waals surface area (Å²) in [6, 6.07) is 3.54. The summed E-state index contributed by atoms with van der Waals surface area (Å²) in [5, 5.41) is 0. The molecule has 0 N–H and O–H groups in total. The molecule has 0 aliphatic rings. The van der Waals surface area contributed by atoms with Crippen molar-refractivity contribution < 1.29 is 22.2 Å². The van der Waals surface area contributed by atoms with Crippen LogP contribution in [0.4, 0.5) is 13.2 Å². The average Bonchev–Trinajstić information content (AvgIpc) is 2.17. The maximum Gasteiger partial charge on any atom is 0.416 e. The van der Waals surface area contributed by atoms with E-state index in [-0.39, 0.29) is 4.90 Å². The van der Waals surface area contributed by atoms with Gasteiger partial charge in [-0.05, 0) is 24.3 Å². The van der Waals surface area contributed by atoms with Crippen LogP contribution >= 0.6 is 0 Å². The third-order valence-electron chi connectivity index (χ3n) is 1.50. The van der Waals surface area contributed by atoms with Crippen LogP contribution in [-0.2, 0) is 22.0 Å². The average molecular weight is 235 g/mol. The molecule has 0 spiro atoms. The van der Waals surface area contributed by atoms with Crippen molar-refractivity contribution in [1.82, 2.24) is 0 Å². The molecule has 0 radical (unpaired) electrons. The number of isocyanates is 1. The Morgan fingerprint density at radius 1 is 1.20 bits per heavy atom. The van der Waals surface area contributed by atoms with Crippen molar-refractivity contribution in [2.45, 2.75) is 11.1 Å². The molecule has 0 aliphatic carbocycles. The van der Waals surface area contributed by atoms with E-state index in [1.165, 1.54) is 0 Å². The monoisotopic (exact) mass is 235 g/mol. The van der Waals surface area contributed by atoms with E-state index in [1.807, 2.05) is 0 Å². The first-order valence-electron chi connectivity index (χ1n) is 3.62. The van der Waals surface area contributed by atoms with Crippen LogP contribution in [0.3, 0.4) is 0 Å². The second-order valence-corrected chi connectivity index (χ2v) is 3.61. The molecule has 1 rings (SSSR count). The molecule has 0 saturated heterocycles. The van der Waals surface area contributed by atoms with Gasteiger partial charge in [0, 0.05) is 0 Å². The number of carbonyl (C=O) groups excluding carboxylic acids is 1. The second kappa shape index (κ2) is 4.37. The molecule has 15 heavy (non-hydrogen) atoms. The van der Waals surface area contributed by atoms with E-state index < -0.39 is 22.7 Å². The number of hydrogen-bond donors (Lipinski definition) is 0. The Hall–Kier alpha value is -1.46. The van der Waals surface area contributed by atoms with Crippen molar-refractivity contribution in [3.63, 3.8) is 0 Å². The number of alkyl halides is 3. The van der Waals surface area contributed by atoms with Gasteiger partial charge in [0.2, 0.25) is 6.08 Å². The molecule has 1 unspecified atom stereocenters. The van der Waals surface area contributed by atoms with Gasteiger partial charge in [0.05, 0.1) is 10.5 Å². The summed E-state index contributed by atoms with van der Waals surface area (Å²) in [5.41, 5.74) is -0.849. The molecule has 1 atom stereocenters. The van der Waals surface area contributed by atoms with Crippen LogP contribution < -0.4 is 0 Å². The third-order valence-corrected chi connectivity index (χ3v) is 2.42. The van der Waals surface area contributed by atoms with E-state index in [0.717, 1.165) is 30.3 Å². The van der Waals surface area contributed by atoms with Crippen molar-refractivity contribution in [2.24, 2.45) is 4.40 Å². The third kappa shape index (κ3) is 3.00. The predicted molar refractivity (Wildman–Crippen MR) is 46.0 cm³/mol. The molecule has 3 nitrogen and oxygen atoms in total. The summed E-state index contributed by atoms with van der Waals surface area (Å²) in [5.74, 6) is 0. The summed E-state index contributed by atoms with van der Waals surface area (Å²) in [7, 11) is -1.98. The molecule has 80 valence electrons. The van der Waals surface area contributed by atoms with Crippen LogP contribution in [-0.4, -0.2) is 10.3 Å². The quantitative estimate of drug-likeness (QED) is 0.581. The van der Waals surface area contributed by atoms with Gasteiger partial charge in [0.1, 0.15) is 0 Å². The smallest absolute Gasteiger partial charge is 0.229 e. The van der Waals surface area contributed by atoms with Gasteiger partial charge in [-0.25, -0.2) is 9.00 Å². The van der Waals surface area contributed by atoms with Crippen molar-refractivity contribution in [3.8, 4) is 0 Å². The fraction of sp³-hybridized carbons (Fsp3) is 0.125. The maximum atomic E-state index is 12.1. The molecule has 0 fully saturated rings. The summed E-state index contributed by atoms with van der Waals surface area (Å²) >= 11 is 0. The molecular weight excluding hydrogens is 231 g/mol. The molecule has 0 aliphatic heterocycles. The zero-order valence-electron chi connectivity index (χ0n) is 7.12. The number of hydrogen-bond acceptors (Lipinski definition) is 2. The largest absolute Gasteiger partial charge is 0.416 e. The molecule has 0 saturated carbocycles. The van der Waals surface area contributed by atoms with E-state index in [9.17, 15) is 22.2 Å². The molecule has 1 aromatic rings. The van der Waals surface area contributed by atoms with Crippen LogP contribution in [0, 0.1) is 0 Å². The first kappa shape index (κ1) is 11.6. The predicted octanol–water partition coefficient (Wildman–Crippen LogP) is 2.06. The summed E-state index contributed by atoms with van der Waals surface area (Å²) in [6.07, 6.45) is -3.37. The number of nitrogens with zero attached hydrogens (tertiary/aromatic N) is 1. The fourth-order valence-corrected chi connectivity index (χ4v) is 1.39. The van der Waals surface area contributed by atoms with Crippen molar-refractivity contribution in [2.75, 3.05) is 0 Å². The van der Waals surface area contributed by atoms with Gasteiger partial charge in [-0.15, -0.1) is 0 Å². The fourth-order valence-electron chi connectivity index (χ4n) is 0.847. The first-order chi connectivity index (χ1) is 6.95. The van der Waals surface area contributed by atoms with Crippen LogP contribution in [0.1, 0.15) is 5.56 Å². The zero-order valence-corrected chi connectivity index (χ0v) is 7.93. The summed E-state index contributed by atoms with van der Waals surface area (Å²) in [4.78, 5) is 9.77. The number of benzene rings is 1. The maximum absolute atomic E-state index is 12.1. The molecule has 0 amide bonds. The lowest BCUT2D eigenvalue weighted by Gasteiger charge is -2.05. The normalized spacial score (nSPS) is 13.0. The van der Waals surface area contributed by atoms with E-state index in [4.69, 9.17) is 0 Å². The van der Waals surface area contributed by atoms with E-state index in [1.54, 1.807) is 0 Å². The number of rotatable bonds is 2. The first-order valence-corrected chi connectivity index (χ1v) is 4.73. The Kier molecular flexibility index (Phi) is 3.39. The van der Waals surface area contributed by atoms with Gasteiger partial charge < -0.3 is 0 Å². The van der Waals surface area contributed by atoms with Crippen molar-refractivity contribution >= 4 is 17.1 Å². The lowest BCUT2D eigenvalue weighted by Crippen LogP contribution is -2.04. The van der Waals surface area contributed by atoms with Gasteiger partial charge in [0.25, 0.3) is 0 Å². The van der Waals surface area contributed by atoms with Gasteiger partial charge >= 0.3 is 6.18 Å². The highest BCUT2D eigenvalue weighted by Gasteiger charge is 2.30. The molecule has 0 aromatic heterocycles. The van der Waals surface area contributed by atoms with Crippen LogP contribution in [0.15, 0.2) is 33.6 Å². The van der Waals surface area contributed by atoms with Gasteiger partial charge in [-0.1, -0.05) is 4.40 Å². The van der Waals surface area contributed by atoms with E-state index >= 15 is 0 Å². The van der Waals surface area contributed by atoms with Gasteiger partial charge in [-0.2, -0.15) is 13.2 Å². The van der Waals surface area contributed by atoms with Gasteiger partial charge in [-0.3, -0.25) is 0 Å².